The molecule has 1 aromatic rings. The van der Waals surface area contributed by atoms with Crippen molar-refractivity contribution in [2.75, 3.05) is 26.2 Å². The average molecular weight is 371 g/mol. The molecule has 0 bridgehead atoms. The molecule has 1 aliphatic heterocycles. The van der Waals surface area contributed by atoms with Gasteiger partial charge in [0.05, 0.1) is 10.6 Å². The zero-order chi connectivity index (χ0) is 16.2. The summed E-state index contributed by atoms with van der Waals surface area (Å²) in [6.07, 6.45) is -1.51. The van der Waals surface area contributed by atoms with Gasteiger partial charge in [0.15, 0.2) is 0 Å². The summed E-state index contributed by atoms with van der Waals surface area (Å²) in [6.45, 7) is 5.57. The molecule has 1 saturated heterocycles. The van der Waals surface area contributed by atoms with Crippen molar-refractivity contribution in [2.45, 2.75) is 38.4 Å². The summed E-state index contributed by atoms with van der Waals surface area (Å²) in [6, 6.07) is 4.37. The van der Waals surface area contributed by atoms with Crippen LogP contribution in [-0.4, -0.2) is 31.1 Å². The topological polar surface area (TPSA) is 15.3 Å². The Balaban J connectivity index is 0.00000264. The lowest BCUT2D eigenvalue weighted by molar-refractivity contribution is -0.137. The van der Waals surface area contributed by atoms with E-state index in [0.717, 1.165) is 45.4 Å². The minimum absolute atomic E-state index is 0. The Morgan fingerprint density at radius 2 is 1.91 bits per heavy atom. The van der Waals surface area contributed by atoms with Crippen LogP contribution in [0.5, 0.6) is 0 Å². The van der Waals surface area contributed by atoms with Crippen LogP contribution in [0.15, 0.2) is 18.2 Å². The second-order valence-electron chi connectivity index (χ2n) is 5.68. The van der Waals surface area contributed by atoms with Crippen molar-refractivity contribution in [2.24, 2.45) is 0 Å². The van der Waals surface area contributed by atoms with Gasteiger partial charge in [-0.25, -0.2) is 0 Å². The summed E-state index contributed by atoms with van der Waals surface area (Å²) in [7, 11) is 0. The van der Waals surface area contributed by atoms with Crippen molar-refractivity contribution in [1.82, 2.24) is 10.2 Å². The number of hydrogen-bond acceptors (Lipinski definition) is 2. The average Bonchev–Trinajstić information content (AvgIpc) is 2.49. The first-order chi connectivity index (χ1) is 10.4. The van der Waals surface area contributed by atoms with E-state index < -0.39 is 11.7 Å². The van der Waals surface area contributed by atoms with Gasteiger partial charge in [-0.1, -0.05) is 37.4 Å². The molecule has 1 fully saturated rings. The number of nitrogens with one attached hydrogen (secondary N) is 1. The fourth-order valence-corrected chi connectivity index (χ4v) is 3.14. The smallest absolute Gasteiger partial charge is 0.314 e. The summed E-state index contributed by atoms with van der Waals surface area (Å²) in [5, 5.41) is 3.05. The van der Waals surface area contributed by atoms with Crippen molar-refractivity contribution in [3.63, 3.8) is 0 Å². The van der Waals surface area contributed by atoms with E-state index >= 15 is 0 Å². The second kappa shape index (κ2) is 9.11. The lowest BCUT2D eigenvalue weighted by Gasteiger charge is -2.35. The molecular formula is C16H23Cl2F3N2. The fraction of sp³-hybridized carbons (Fsp3) is 0.625. The highest BCUT2D eigenvalue weighted by Gasteiger charge is 2.34. The number of hydrogen-bond donors (Lipinski definition) is 1. The molecule has 0 unspecified atom stereocenters. The van der Waals surface area contributed by atoms with E-state index in [0.29, 0.717) is 5.56 Å². The Morgan fingerprint density at radius 1 is 1.26 bits per heavy atom. The molecule has 0 spiro atoms. The van der Waals surface area contributed by atoms with Gasteiger partial charge in [-0.2, -0.15) is 13.2 Å². The van der Waals surface area contributed by atoms with Gasteiger partial charge in [-0.3, -0.25) is 4.90 Å². The van der Waals surface area contributed by atoms with Gasteiger partial charge in [-0.05, 0) is 24.1 Å². The van der Waals surface area contributed by atoms with Gasteiger partial charge in [-0.15, -0.1) is 12.4 Å². The fourth-order valence-electron chi connectivity index (χ4n) is 2.92. The first-order valence-electron chi connectivity index (χ1n) is 7.75. The molecule has 0 amide bonds. The predicted molar refractivity (Wildman–Crippen MR) is 90.4 cm³/mol. The largest absolute Gasteiger partial charge is 0.417 e. The van der Waals surface area contributed by atoms with Crippen molar-refractivity contribution in [3.8, 4) is 0 Å². The highest BCUT2D eigenvalue weighted by molar-refractivity contribution is 6.31. The standard InChI is InChI=1S/C16H22ClF3N2.ClH/c1-2-3-4-15(22-9-7-21-8-10-22)12-5-6-14(17)13(11-12)16(18,19)20;/h5-6,11,15,21H,2-4,7-10H2,1H3;1H/t15-;/m1./s1. The van der Waals surface area contributed by atoms with E-state index in [4.69, 9.17) is 11.6 Å². The summed E-state index contributed by atoms with van der Waals surface area (Å²) in [5.41, 5.74) is -0.0182. The number of alkyl halides is 3. The maximum Gasteiger partial charge on any atom is 0.417 e. The number of halogens is 5. The van der Waals surface area contributed by atoms with Crippen LogP contribution in [0.3, 0.4) is 0 Å². The predicted octanol–water partition coefficient (Wildman–Crippen LogP) is 4.92. The molecule has 1 aromatic carbocycles. The van der Waals surface area contributed by atoms with Gasteiger partial charge < -0.3 is 5.32 Å². The third-order valence-electron chi connectivity index (χ3n) is 4.10. The molecule has 0 saturated carbocycles. The summed E-state index contributed by atoms with van der Waals surface area (Å²) < 4.78 is 39.2. The van der Waals surface area contributed by atoms with Crippen LogP contribution in [0.25, 0.3) is 0 Å². The Hall–Kier alpha value is -0.490. The Labute approximate surface area is 146 Å². The first kappa shape index (κ1) is 20.6. The van der Waals surface area contributed by atoms with Crippen LogP contribution in [0, 0.1) is 0 Å². The van der Waals surface area contributed by atoms with Crippen molar-refractivity contribution in [3.05, 3.63) is 34.3 Å². The molecule has 1 atom stereocenters. The lowest BCUT2D eigenvalue weighted by Crippen LogP contribution is -2.45. The van der Waals surface area contributed by atoms with Crippen LogP contribution >= 0.6 is 24.0 Å². The van der Waals surface area contributed by atoms with E-state index in [9.17, 15) is 13.2 Å². The van der Waals surface area contributed by atoms with E-state index in [1.54, 1.807) is 6.07 Å². The molecule has 23 heavy (non-hydrogen) atoms. The molecule has 0 aromatic heterocycles. The number of benzene rings is 1. The normalized spacial score (nSPS) is 17.6. The lowest BCUT2D eigenvalue weighted by atomic mass is 9.97. The second-order valence-corrected chi connectivity index (χ2v) is 6.09. The van der Waals surface area contributed by atoms with Crippen LogP contribution in [0.2, 0.25) is 5.02 Å². The molecule has 0 radical (unpaired) electrons. The minimum Gasteiger partial charge on any atom is -0.314 e. The highest BCUT2D eigenvalue weighted by Crippen LogP contribution is 2.37. The van der Waals surface area contributed by atoms with E-state index in [2.05, 4.69) is 17.1 Å². The van der Waals surface area contributed by atoms with Crippen molar-refractivity contribution < 1.29 is 13.2 Å². The molecule has 1 heterocycles. The monoisotopic (exact) mass is 370 g/mol. The van der Waals surface area contributed by atoms with E-state index in [1.165, 1.54) is 12.1 Å². The van der Waals surface area contributed by atoms with Crippen molar-refractivity contribution in [1.29, 1.82) is 0 Å². The summed E-state index contributed by atoms with van der Waals surface area (Å²) in [5.74, 6) is 0. The third-order valence-corrected chi connectivity index (χ3v) is 4.43. The highest BCUT2D eigenvalue weighted by atomic mass is 35.5. The zero-order valence-corrected chi connectivity index (χ0v) is 14.7. The molecule has 2 rings (SSSR count). The van der Waals surface area contributed by atoms with E-state index in [1.807, 2.05) is 0 Å². The Morgan fingerprint density at radius 3 is 2.48 bits per heavy atom. The van der Waals surface area contributed by atoms with Crippen LogP contribution in [-0.2, 0) is 6.18 Å². The number of rotatable bonds is 5. The van der Waals surface area contributed by atoms with E-state index in [-0.39, 0.29) is 23.5 Å². The van der Waals surface area contributed by atoms with Gasteiger partial charge in [0.1, 0.15) is 0 Å². The van der Waals surface area contributed by atoms with Crippen LogP contribution in [0.4, 0.5) is 13.2 Å². The van der Waals surface area contributed by atoms with Gasteiger partial charge in [0.2, 0.25) is 0 Å². The SMILES string of the molecule is CCCC[C@H](c1ccc(Cl)c(C(F)(F)F)c1)N1CCNCC1.Cl. The Bertz CT molecular complexity index is 489. The summed E-state index contributed by atoms with van der Waals surface area (Å²) in [4.78, 5) is 2.27. The van der Waals surface area contributed by atoms with Gasteiger partial charge in [0, 0.05) is 32.2 Å². The third kappa shape index (κ3) is 5.52. The van der Waals surface area contributed by atoms with Crippen molar-refractivity contribution >= 4 is 24.0 Å². The maximum absolute atomic E-state index is 13.1. The summed E-state index contributed by atoms with van der Waals surface area (Å²) >= 11 is 5.73. The van der Waals surface area contributed by atoms with Crippen LogP contribution < -0.4 is 5.32 Å². The number of unbranched alkanes of at least 4 members (excludes halogenated alkanes) is 1. The number of piperazine rings is 1. The Kier molecular flexibility index (Phi) is 8.14. The minimum atomic E-state index is -4.41. The molecule has 7 heteroatoms. The maximum atomic E-state index is 13.1. The first-order valence-corrected chi connectivity index (χ1v) is 8.12. The molecule has 1 aliphatic rings. The van der Waals surface area contributed by atoms with Crippen LogP contribution in [0.1, 0.15) is 43.4 Å². The quantitative estimate of drug-likeness (QED) is 0.791. The molecule has 132 valence electrons. The molecule has 1 N–H and O–H groups in total. The zero-order valence-electron chi connectivity index (χ0n) is 13.1. The van der Waals surface area contributed by atoms with Gasteiger partial charge >= 0.3 is 6.18 Å². The number of nitrogens with zero attached hydrogens (tertiary/aromatic N) is 1. The molecular weight excluding hydrogens is 348 g/mol. The molecule has 2 nitrogen and oxygen atoms in total. The van der Waals surface area contributed by atoms with Gasteiger partial charge in [0.25, 0.3) is 0 Å². The molecule has 0 aliphatic carbocycles.